The first-order valence-corrected chi connectivity index (χ1v) is 11.7. The van der Waals surface area contributed by atoms with Crippen LogP contribution in [0.15, 0.2) is 48.5 Å². The van der Waals surface area contributed by atoms with Gasteiger partial charge in [-0.05, 0) is 61.0 Å². The fourth-order valence-corrected chi connectivity index (χ4v) is 5.48. The molecule has 5 rings (SSSR count). The summed E-state index contributed by atoms with van der Waals surface area (Å²) < 4.78 is 5.79. The average Bonchev–Trinajstić information content (AvgIpc) is 3.12. The summed E-state index contributed by atoms with van der Waals surface area (Å²) >= 11 is 0. The number of rotatable bonds is 4. The van der Waals surface area contributed by atoms with Crippen molar-refractivity contribution in [3.8, 4) is 11.1 Å². The molecule has 0 aromatic heterocycles. The summed E-state index contributed by atoms with van der Waals surface area (Å²) in [5.74, 6) is 0.0807. The van der Waals surface area contributed by atoms with Crippen molar-refractivity contribution in [1.29, 1.82) is 0 Å². The molecule has 2 heterocycles. The Bertz CT molecular complexity index is 884. The number of amides is 1. The number of hydrogen-bond donors (Lipinski definition) is 1. The molecule has 1 amide bonds. The minimum Gasteiger partial charge on any atom is -0.448 e. The highest BCUT2D eigenvalue weighted by atomic mass is 16.6. The van der Waals surface area contributed by atoms with Crippen LogP contribution in [0.1, 0.15) is 49.1 Å². The van der Waals surface area contributed by atoms with Crippen molar-refractivity contribution in [1.82, 2.24) is 9.80 Å². The monoisotopic (exact) mass is 420 g/mol. The van der Waals surface area contributed by atoms with Crippen molar-refractivity contribution in [3.63, 3.8) is 0 Å². The first kappa shape index (κ1) is 20.5. The summed E-state index contributed by atoms with van der Waals surface area (Å²) in [7, 11) is 0. The quantitative estimate of drug-likeness (QED) is 0.804. The fraction of sp³-hybridized carbons (Fsp3) is 0.500. The van der Waals surface area contributed by atoms with Crippen LogP contribution in [-0.4, -0.2) is 65.9 Å². The van der Waals surface area contributed by atoms with Gasteiger partial charge in [-0.2, -0.15) is 0 Å². The van der Waals surface area contributed by atoms with Gasteiger partial charge in [0, 0.05) is 25.6 Å². The molecule has 5 heteroatoms. The first-order valence-electron chi connectivity index (χ1n) is 11.7. The summed E-state index contributed by atoms with van der Waals surface area (Å²) in [5, 5.41) is 11.0. The topological polar surface area (TPSA) is 53.0 Å². The predicted octanol–water partition coefficient (Wildman–Crippen LogP) is 4.25. The van der Waals surface area contributed by atoms with Crippen LogP contribution in [0.25, 0.3) is 11.1 Å². The van der Waals surface area contributed by atoms with E-state index in [1.54, 1.807) is 4.90 Å². The Balaban J connectivity index is 1.18. The summed E-state index contributed by atoms with van der Waals surface area (Å²) in [5.41, 5.74) is 4.24. The molecule has 164 valence electrons. The van der Waals surface area contributed by atoms with E-state index >= 15 is 0 Å². The van der Waals surface area contributed by atoms with Gasteiger partial charge in [0.15, 0.2) is 0 Å². The molecule has 31 heavy (non-hydrogen) atoms. The number of carbonyl (C=O) groups excluding carboxylic acids is 1. The van der Waals surface area contributed by atoms with E-state index in [9.17, 15) is 9.90 Å². The molecule has 3 aliphatic rings. The largest absolute Gasteiger partial charge is 0.448 e. The molecule has 2 aliphatic heterocycles. The Morgan fingerprint density at radius 1 is 0.903 bits per heavy atom. The molecule has 2 aromatic carbocycles. The highest BCUT2D eigenvalue weighted by molar-refractivity contribution is 5.79. The summed E-state index contributed by atoms with van der Waals surface area (Å²) in [4.78, 5) is 16.9. The molecule has 0 spiro atoms. The zero-order valence-electron chi connectivity index (χ0n) is 18.1. The van der Waals surface area contributed by atoms with Crippen LogP contribution < -0.4 is 0 Å². The average molecular weight is 421 g/mol. The van der Waals surface area contributed by atoms with Gasteiger partial charge in [-0.1, -0.05) is 55.0 Å². The molecular formula is C26H32N2O3. The van der Waals surface area contributed by atoms with Crippen molar-refractivity contribution >= 4 is 6.09 Å². The molecule has 2 saturated heterocycles. The highest BCUT2D eigenvalue weighted by Gasteiger charge is 2.37. The Kier molecular flexibility index (Phi) is 5.72. The van der Waals surface area contributed by atoms with Crippen molar-refractivity contribution in [2.45, 2.75) is 43.6 Å². The maximum atomic E-state index is 12.8. The van der Waals surface area contributed by atoms with E-state index in [0.29, 0.717) is 32.5 Å². The second kappa shape index (κ2) is 8.64. The number of carbonyl (C=O) groups is 1. The van der Waals surface area contributed by atoms with Gasteiger partial charge in [-0.15, -0.1) is 0 Å². The third-order valence-electron chi connectivity index (χ3n) is 7.26. The number of likely N-dealkylation sites (tertiary alicyclic amines) is 2. The molecule has 5 nitrogen and oxygen atoms in total. The van der Waals surface area contributed by atoms with Gasteiger partial charge < -0.3 is 19.6 Å². The fourth-order valence-electron chi connectivity index (χ4n) is 5.48. The van der Waals surface area contributed by atoms with Crippen LogP contribution in [-0.2, 0) is 4.74 Å². The maximum Gasteiger partial charge on any atom is 0.409 e. The number of aliphatic hydroxyl groups is 1. The van der Waals surface area contributed by atoms with E-state index in [1.807, 2.05) is 12.1 Å². The zero-order valence-corrected chi connectivity index (χ0v) is 18.1. The molecular weight excluding hydrogens is 388 g/mol. The lowest BCUT2D eigenvalue weighted by molar-refractivity contribution is -0.0463. The smallest absolute Gasteiger partial charge is 0.409 e. The van der Waals surface area contributed by atoms with Gasteiger partial charge in [-0.3, -0.25) is 0 Å². The Morgan fingerprint density at radius 2 is 1.48 bits per heavy atom. The number of benzene rings is 2. The van der Waals surface area contributed by atoms with Crippen molar-refractivity contribution in [3.05, 3.63) is 59.7 Å². The lowest BCUT2D eigenvalue weighted by Crippen LogP contribution is -2.53. The van der Waals surface area contributed by atoms with Gasteiger partial charge in [0.25, 0.3) is 0 Å². The maximum absolute atomic E-state index is 12.8. The minimum atomic E-state index is -0.683. The van der Waals surface area contributed by atoms with Gasteiger partial charge >= 0.3 is 6.09 Å². The molecule has 0 atom stereocenters. The molecule has 1 aliphatic carbocycles. The SMILES string of the molecule is O=C(OCC1c2ccccc2-c2ccccc21)N1CCC(O)(CN2CCCCC2)CC1. The van der Waals surface area contributed by atoms with E-state index in [1.165, 1.54) is 41.5 Å². The summed E-state index contributed by atoms with van der Waals surface area (Å²) in [6, 6.07) is 16.8. The zero-order chi connectivity index (χ0) is 21.3. The van der Waals surface area contributed by atoms with Crippen molar-refractivity contribution < 1.29 is 14.6 Å². The molecule has 1 N–H and O–H groups in total. The number of hydrogen-bond acceptors (Lipinski definition) is 4. The van der Waals surface area contributed by atoms with Gasteiger partial charge in [-0.25, -0.2) is 4.79 Å². The van der Waals surface area contributed by atoms with Gasteiger partial charge in [0.05, 0.1) is 5.60 Å². The lowest BCUT2D eigenvalue weighted by Gasteiger charge is -2.41. The predicted molar refractivity (Wildman–Crippen MR) is 121 cm³/mol. The molecule has 2 fully saturated rings. The van der Waals surface area contributed by atoms with Crippen LogP contribution >= 0.6 is 0 Å². The van der Waals surface area contributed by atoms with Crippen LogP contribution in [0, 0.1) is 0 Å². The van der Waals surface area contributed by atoms with Crippen LogP contribution in [0.3, 0.4) is 0 Å². The molecule has 0 radical (unpaired) electrons. The normalized spacial score (nSPS) is 20.9. The van der Waals surface area contributed by atoms with E-state index in [2.05, 4.69) is 41.3 Å². The van der Waals surface area contributed by atoms with E-state index in [0.717, 1.165) is 19.6 Å². The van der Waals surface area contributed by atoms with Crippen molar-refractivity contribution in [2.75, 3.05) is 39.3 Å². The third-order valence-corrected chi connectivity index (χ3v) is 7.26. The second-order valence-corrected chi connectivity index (χ2v) is 9.35. The molecule has 2 aromatic rings. The molecule has 0 bridgehead atoms. The second-order valence-electron chi connectivity index (χ2n) is 9.35. The number of piperidine rings is 2. The van der Waals surface area contributed by atoms with E-state index in [-0.39, 0.29) is 12.0 Å². The van der Waals surface area contributed by atoms with Gasteiger partial charge in [0.2, 0.25) is 0 Å². The Hall–Kier alpha value is -2.37. The first-order chi connectivity index (χ1) is 15.1. The lowest BCUT2D eigenvalue weighted by atomic mass is 9.90. The molecule has 0 saturated carbocycles. The number of nitrogens with zero attached hydrogens (tertiary/aromatic N) is 2. The summed E-state index contributed by atoms with van der Waals surface area (Å²) in [6.07, 6.45) is 4.72. The third kappa shape index (κ3) is 4.21. The van der Waals surface area contributed by atoms with Crippen LogP contribution in [0.5, 0.6) is 0 Å². The van der Waals surface area contributed by atoms with Crippen molar-refractivity contribution in [2.24, 2.45) is 0 Å². The standard InChI is InChI=1S/C26H32N2O3/c29-25(28-16-12-26(30,13-17-28)19-27-14-6-1-7-15-27)31-18-24-22-10-4-2-8-20(22)21-9-3-5-11-23(21)24/h2-5,8-11,24,30H,1,6-7,12-19H2. The Morgan fingerprint density at radius 3 is 2.10 bits per heavy atom. The number of ether oxygens (including phenoxy) is 1. The number of β-amino-alcohol motifs (C(OH)–C–C–N with tert-alkyl or cyclic N) is 1. The van der Waals surface area contributed by atoms with Crippen LogP contribution in [0.4, 0.5) is 4.79 Å². The number of fused-ring (bicyclic) bond motifs is 3. The highest BCUT2D eigenvalue weighted by Crippen LogP contribution is 2.44. The van der Waals surface area contributed by atoms with Gasteiger partial charge in [0.1, 0.15) is 6.61 Å². The Labute approximate surface area is 184 Å². The van der Waals surface area contributed by atoms with E-state index < -0.39 is 5.60 Å². The minimum absolute atomic E-state index is 0.0807. The summed E-state index contributed by atoms with van der Waals surface area (Å²) in [6.45, 7) is 4.35. The molecule has 0 unspecified atom stereocenters. The van der Waals surface area contributed by atoms with E-state index in [4.69, 9.17) is 4.74 Å². The van der Waals surface area contributed by atoms with Crippen LogP contribution in [0.2, 0.25) is 0 Å².